The summed E-state index contributed by atoms with van der Waals surface area (Å²) in [6.45, 7) is 9.28. The van der Waals surface area contributed by atoms with Gasteiger partial charge in [0, 0.05) is 24.6 Å². The minimum absolute atomic E-state index is 0.124. The van der Waals surface area contributed by atoms with Crippen LogP contribution in [0.5, 0.6) is 0 Å². The average Bonchev–Trinajstić information content (AvgIpc) is 2.91. The zero-order chi connectivity index (χ0) is 16.7. The quantitative estimate of drug-likeness (QED) is 0.901. The van der Waals surface area contributed by atoms with Gasteiger partial charge in [-0.05, 0) is 34.6 Å². The largest absolute Gasteiger partial charge is 0.481 e. The number of aryl methyl sites for hydroxylation is 2. The molecule has 0 aromatic carbocycles. The third-order valence-corrected chi connectivity index (χ3v) is 3.75. The standard InChI is InChI=1S/C15H22N2O5/c1-8-12(9(2)22-16-8)10-6-17(7-11(10)13(18)19)14(20)21-15(3,4)5/h10-11H,6-7H2,1-5H3,(H,18,19). The molecule has 1 saturated heterocycles. The summed E-state index contributed by atoms with van der Waals surface area (Å²) < 4.78 is 10.5. The number of aromatic nitrogens is 1. The first-order chi connectivity index (χ1) is 10.1. The first-order valence-corrected chi connectivity index (χ1v) is 7.23. The van der Waals surface area contributed by atoms with E-state index >= 15 is 0 Å². The minimum atomic E-state index is -0.934. The molecule has 1 fully saturated rings. The van der Waals surface area contributed by atoms with Gasteiger partial charge >= 0.3 is 12.1 Å². The van der Waals surface area contributed by atoms with Crippen LogP contribution in [0.2, 0.25) is 0 Å². The molecule has 0 spiro atoms. The number of likely N-dealkylation sites (tertiary alicyclic amines) is 1. The summed E-state index contributed by atoms with van der Waals surface area (Å²) in [4.78, 5) is 25.2. The Kier molecular flexibility index (Phi) is 4.17. The number of hydrogen-bond donors (Lipinski definition) is 1. The third-order valence-electron chi connectivity index (χ3n) is 3.75. The Hall–Kier alpha value is -2.05. The first-order valence-electron chi connectivity index (χ1n) is 7.23. The van der Waals surface area contributed by atoms with E-state index in [2.05, 4.69) is 5.16 Å². The molecule has 122 valence electrons. The topological polar surface area (TPSA) is 92.9 Å². The molecular weight excluding hydrogens is 288 g/mol. The number of ether oxygens (including phenoxy) is 1. The number of rotatable bonds is 2. The van der Waals surface area contributed by atoms with Gasteiger partial charge < -0.3 is 19.3 Å². The normalized spacial score (nSPS) is 22.0. The maximum Gasteiger partial charge on any atom is 0.410 e. The first kappa shape index (κ1) is 16.3. The SMILES string of the molecule is Cc1noc(C)c1C1CN(C(=O)OC(C)(C)C)CC1C(=O)O. The molecule has 22 heavy (non-hydrogen) atoms. The summed E-state index contributed by atoms with van der Waals surface area (Å²) in [5, 5.41) is 13.3. The zero-order valence-corrected chi connectivity index (χ0v) is 13.5. The highest BCUT2D eigenvalue weighted by Crippen LogP contribution is 2.36. The fourth-order valence-corrected chi connectivity index (χ4v) is 2.84. The van der Waals surface area contributed by atoms with E-state index in [0.29, 0.717) is 11.5 Å². The van der Waals surface area contributed by atoms with Gasteiger partial charge in [-0.2, -0.15) is 0 Å². The van der Waals surface area contributed by atoms with Crippen molar-refractivity contribution in [3.8, 4) is 0 Å². The van der Waals surface area contributed by atoms with Gasteiger partial charge in [-0.15, -0.1) is 0 Å². The number of carboxylic acids is 1. The molecule has 1 aromatic rings. The molecule has 0 aliphatic carbocycles. The van der Waals surface area contributed by atoms with E-state index in [9.17, 15) is 14.7 Å². The predicted molar refractivity (Wildman–Crippen MR) is 77.7 cm³/mol. The van der Waals surface area contributed by atoms with Gasteiger partial charge in [0.2, 0.25) is 0 Å². The van der Waals surface area contributed by atoms with E-state index < -0.39 is 23.6 Å². The van der Waals surface area contributed by atoms with Crippen LogP contribution in [0.1, 0.15) is 43.7 Å². The highest BCUT2D eigenvalue weighted by molar-refractivity contribution is 5.76. The van der Waals surface area contributed by atoms with Crippen molar-refractivity contribution in [1.82, 2.24) is 10.1 Å². The highest BCUT2D eigenvalue weighted by Gasteiger charge is 2.43. The van der Waals surface area contributed by atoms with E-state index in [0.717, 1.165) is 5.56 Å². The van der Waals surface area contributed by atoms with Crippen molar-refractivity contribution in [2.24, 2.45) is 5.92 Å². The van der Waals surface area contributed by atoms with Gasteiger partial charge in [-0.3, -0.25) is 4.79 Å². The summed E-state index contributed by atoms with van der Waals surface area (Å²) in [5.74, 6) is -1.36. The van der Waals surface area contributed by atoms with E-state index in [1.807, 2.05) is 0 Å². The highest BCUT2D eigenvalue weighted by atomic mass is 16.6. The molecule has 7 nitrogen and oxygen atoms in total. The van der Waals surface area contributed by atoms with Gasteiger partial charge in [-0.1, -0.05) is 5.16 Å². The van der Waals surface area contributed by atoms with E-state index in [4.69, 9.17) is 9.26 Å². The Morgan fingerprint density at radius 3 is 2.41 bits per heavy atom. The second kappa shape index (κ2) is 5.62. The number of hydrogen-bond acceptors (Lipinski definition) is 5. The Morgan fingerprint density at radius 2 is 1.95 bits per heavy atom. The number of carboxylic acid groups (broad SMARTS) is 1. The fraction of sp³-hybridized carbons (Fsp3) is 0.667. The van der Waals surface area contributed by atoms with Gasteiger partial charge in [0.1, 0.15) is 11.4 Å². The third kappa shape index (κ3) is 3.23. The minimum Gasteiger partial charge on any atom is -0.481 e. The second-order valence-electron chi connectivity index (χ2n) is 6.67. The van der Waals surface area contributed by atoms with Crippen LogP contribution < -0.4 is 0 Å². The molecule has 1 aliphatic rings. The number of aliphatic carboxylic acids is 1. The number of nitrogens with zero attached hydrogens (tertiary/aromatic N) is 2. The lowest BCUT2D eigenvalue weighted by molar-refractivity contribution is -0.141. The van der Waals surface area contributed by atoms with Crippen LogP contribution in [-0.2, 0) is 9.53 Å². The maximum atomic E-state index is 12.2. The second-order valence-corrected chi connectivity index (χ2v) is 6.67. The van der Waals surface area contributed by atoms with E-state index in [1.165, 1.54) is 4.90 Å². The lowest BCUT2D eigenvalue weighted by atomic mass is 9.88. The lowest BCUT2D eigenvalue weighted by Gasteiger charge is -2.24. The van der Waals surface area contributed by atoms with Crippen molar-refractivity contribution in [3.63, 3.8) is 0 Å². The Balaban J connectivity index is 2.24. The smallest absolute Gasteiger partial charge is 0.410 e. The molecule has 7 heteroatoms. The number of carbonyl (C=O) groups excluding carboxylic acids is 1. The van der Waals surface area contributed by atoms with Gasteiger partial charge in [-0.25, -0.2) is 4.79 Å². The van der Waals surface area contributed by atoms with Crippen molar-refractivity contribution in [1.29, 1.82) is 0 Å². The lowest BCUT2D eigenvalue weighted by Crippen LogP contribution is -2.35. The monoisotopic (exact) mass is 310 g/mol. The van der Waals surface area contributed by atoms with Gasteiger partial charge in [0.05, 0.1) is 11.6 Å². The van der Waals surface area contributed by atoms with Crippen LogP contribution in [0, 0.1) is 19.8 Å². The molecule has 2 heterocycles. The summed E-state index contributed by atoms with van der Waals surface area (Å²) in [6, 6.07) is 0. The zero-order valence-electron chi connectivity index (χ0n) is 13.5. The molecule has 2 unspecified atom stereocenters. The molecule has 1 N–H and O–H groups in total. The summed E-state index contributed by atoms with van der Waals surface area (Å²) in [7, 11) is 0. The molecule has 2 atom stereocenters. The van der Waals surface area contributed by atoms with Crippen LogP contribution in [0.15, 0.2) is 4.52 Å². The molecule has 0 radical (unpaired) electrons. The molecule has 1 aliphatic heterocycles. The maximum absolute atomic E-state index is 12.2. The fourth-order valence-electron chi connectivity index (χ4n) is 2.84. The molecule has 2 rings (SSSR count). The van der Waals surface area contributed by atoms with Crippen molar-refractivity contribution in [3.05, 3.63) is 17.0 Å². The predicted octanol–water partition coefficient (Wildman–Crippen LogP) is 2.33. The number of amides is 1. The summed E-state index contributed by atoms with van der Waals surface area (Å²) in [6.07, 6.45) is -0.493. The summed E-state index contributed by atoms with van der Waals surface area (Å²) in [5.41, 5.74) is 0.829. The van der Waals surface area contributed by atoms with Crippen LogP contribution in [0.25, 0.3) is 0 Å². The van der Waals surface area contributed by atoms with E-state index in [1.54, 1.807) is 34.6 Å². The number of carbonyl (C=O) groups is 2. The van der Waals surface area contributed by atoms with Crippen LogP contribution in [0.3, 0.4) is 0 Å². The Morgan fingerprint density at radius 1 is 1.32 bits per heavy atom. The van der Waals surface area contributed by atoms with Crippen molar-refractivity contribution < 1.29 is 24.0 Å². The van der Waals surface area contributed by atoms with Gasteiger partial charge in [0.15, 0.2) is 0 Å². The molecule has 0 saturated carbocycles. The van der Waals surface area contributed by atoms with E-state index in [-0.39, 0.29) is 19.0 Å². The Labute approximate surface area is 129 Å². The van der Waals surface area contributed by atoms with Crippen molar-refractivity contribution >= 4 is 12.1 Å². The molecule has 1 aromatic heterocycles. The molecule has 0 bridgehead atoms. The van der Waals surface area contributed by atoms with Crippen LogP contribution >= 0.6 is 0 Å². The Bertz CT molecular complexity index is 568. The average molecular weight is 310 g/mol. The molecular formula is C15H22N2O5. The van der Waals surface area contributed by atoms with Crippen molar-refractivity contribution in [2.45, 2.75) is 46.1 Å². The summed E-state index contributed by atoms with van der Waals surface area (Å²) >= 11 is 0. The molecule has 1 amide bonds. The van der Waals surface area contributed by atoms with Crippen LogP contribution in [0.4, 0.5) is 4.79 Å². The van der Waals surface area contributed by atoms with Crippen LogP contribution in [-0.4, -0.2) is 45.9 Å². The van der Waals surface area contributed by atoms with Gasteiger partial charge in [0.25, 0.3) is 0 Å². The van der Waals surface area contributed by atoms with Crippen molar-refractivity contribution in [2.75, 3.05) is 13.1 Å².